The lowest BCUT2D eigenvalue weighted by atomic mass is 9.96. The van der Waals surface area contributed by atoms with Crippen molar-refractivity contribution in [3.8, 4) is 0 Å². The zero-order valence-electron chi connectivity index (χ0n) is 12.1. The van der Waals surface area contributed by atoms with E-state index in [4.69, 9.17) is 0 Å². The van der Waals surface area contributed by atoms with Crippen molar-refractivity contribution in [3.63, 3.8) is 0 Å². The maximum Gasteiger partial charge on any atom is 0.390 e. The molecule has 0 saturated carbocycles. The number of piperazine rings is 1. The first-order valence-corrected chi connectivity index (χ1v) is 6.64. The summed E-state index contributed by atoms with van der Waals surface area (Å²) in [4.78, 5) is 1.78. The lowest BCUT2D eigenvalue weighted by molar-refractivity contribution is -0.148. The Morgan fingerprint density at radius 3 is 2.32 bits per heavy atom. The van der Waals surface area contributed by atoms with Crippen LogP contribution in [-0.2, 0) is 0 Å². The number of rotatable bonds is 3. The molecule has 1 N–H and O–H groups in total. The fraction of sp³-hybridized carbons (Fsp3) is 0.571. The largest absolute Gasteiger partial charge is 0.390 e. The molecular weight excluding hydrogens is 343 g/mol. The van der Waals surface area contributed by atoms with E-state index in [1.165, 1.54) is 18.2 Å². The van der Waals surface area contributed by atoms with Gasteiger partial charge in [0.25, 0.3) is 0 Å². The average molecular weight is 363 g/mol. The minimum absolute atomic E-state index is 0. The van der Waals surface area contributed by atoms with Gasteiger partial charge in [-0.25, -0.2) is 4.39 Å². The monoisotopic (exact) mass is 362 g/mol. The molecule has 1 atom stereocenters. The van der Waals surface area contributed by atoms with E-state index < -0.39 is 24.5 Å². The molecule has 1 aromatic rings. The minimum atomic E-state index is -4.27. The molecular formula is C14H20Cl2F4N2. The van der Waals surface area contributed by atoms with Gasteiger partial charge in [0.2, 0.25) is 0 Å². The molecule has 0 aliphatic carbocycles. The number of aryl methyl sites for hydroxylation is 1. The van der Waals surface area contributed by atoms with E-state index in [1.54, 1.807) is 11.8 Å². The zero-order valence-corrected chi connectivity index (χ0v) is 13.8. The Hall–Kier alpha value is -0.560. The van der Waals surface area contributed by atoms with Crippen LogP contribution in [0.25, 0.3) is 0 Å². The second kappa shape index (κ2) is 8.91. The molecule has 0 unspecified atom stereocenters. The second-order valence-corrected chi connectivity index (χ2v) is 5.12. The number of nitrogens with zero attached hydrogens (tertiary/aromatic N) is 1. The molecule has 0 bridgehead atoms. The third-order valence-electron chi connectivity index (χ3n) is 3.62. The summed E-state index contributed by atoms with van der Waals surface area (Å²) in [7, 11) is 0. The van der Waals surface area contributed by atoms with Gasteiger partial charge in [0.05, 0.1) is 6.42 Å². The first-order chi connectivity index (χ1) is 9.37. The summed E-state index contributed by atoms with van der Waals surface area (Å²) in [5.41, 5.74) is 1.13. The molecule has 0 amide bonds. The van der Waals surface area contributed by atoms with Crippen LogP contribution in [0.1, 0.15) is 23.6 Å². The molecule has 1 saturated heterocycles. The number of nitrogens with one attached hydrogen (secondary N) is 1. The lowest BCUT2D eigenvalue weighted by Gasteiger charge is -2.36. The summed E-state index contributed by atoms with van der Waals surface area (Å²) < 4.78 is 51.9. The molecule has 22 heavy (non-hydrogen) atoms. The SMILES string of the molecule is Cc1ccc(F)cc1[C@H](CC(F)(F)F)N1CCNCC1.Cl.Cl. The Kier molecular flexibility index (Phi) is 8.69. The van der Waals surface area contributed by atoms with Crippen molar-refractivity contribution in [1.82, 2.24) is 10.2 Å². The summed E-state index contributed by atoms with van der Waals surface area (Å²) >= 11 is 0. The van der Waals surface area contributed by atoms with Crippen LogP contribution in [0.3, 0.4) is 0 Å². The van der Waals surface area contributed by atoms with E-state index >= 15 is 0 Å². The molecule has 1 fully saturated rings. The van der Waals surface area contributed by atoms with Crippen LogP contribution in [0.4, 0.5) is 17.6 Å². The summed E-state index contributed by atoms with van der Waals surface area (Å²) in [5.74, 6) is -0.493. The molecule has 0 spiro atoms. The third-order valence-corrected chi connectivity index (χ3v) is 3.62. The minimum Gasteiger partial charge on any atom is -0.314 e. The van der Waals surface area contributed by atoms with Crippen LogP contribution in [0.15, 0.2) is 18.2 Å². The van der Waals surface area contributed by atoms with Gasteiger partial charge in [-0.15, -0.1) is 24.8 Å². The van der Waals surface area contributed by atoms with Crippen LogP contribution in [0.2, 0.25) is 0 Å². The molecule has 2 nitrogen and oxygen atoms in total. The van der Waals surface area contributed by atoms with Gasteiger partial charge >= 0.3 is 6.18 Å². The van der Waals surface area contributed by atoms with Gasteiger partial charge in [0.15, 0.2) is 0 Å². The summed E-state index contributed by atoms with van der Waals surface area (Å²) in [5, 5.41) is 3.11. The molecule has 0 aromatic heterocycles. The van der Waals surface area contributed by atoms with Crippen LogP contribution in [0, 0.1) is 12.7 Å². The van der Waals surface area contributed by atoms with Crippen LogP contribution >= 0.6 is 24.8 Å². The third kappa shape index (κ3) is 5.91. The van der Waals surface area contributed by atoms with Crippen molar-refractivity contribution in [3.05, 3.63) is 35.1 Å². The van der Waals surface area contributed by atoms with E-state index in [0.29, 0.717) is 37.3 Å². The predicted molar refractivity (Wildman–Crippen MR) is 83.5 cm³/mol. The fourth-order valence-electron chi connectivity index (χ4n) is 2.62. The fourth-order valence-corrected chi connectivity index (χ4v) is 2.62. The first-order valence-electron chi connectivity index (χ1n) is 6.64. The van der Waals surface area contributed by atoms with Crippen LogP contribution < -0.4 is 5.32 Å². The van der Waals surface area contributed by atoms with Crippen molar-refractivity contribution < 1.29 is 17.6 Å². The van der Waals surface area contributed by atoms with Crippen molar-refractivity contribution in [1.29, 1.82) is 0 Å². The Bertz CT molecular complexity index is 463. The standard InChI is InChI=1S/C14H18F4N2.2ClH/c1-10-2-3-11(15)8-12(10)13(9-14(16,17)18)20-6-4-19-5-7-20;;/h2-3,8,13,19H,4-7,9H2,1H3;2*1H/t13-;;/m0../s1. The first kappa shape index (κ1) is 21.4. The Morgan fingerprint density at radius 2 is 1.77 bits per heavy atom. The number of benzene rings is 1. The molecule has 1 heterocycles. The Balaban J connectivity index is 0.00000220. The van der Waals surface area contributed by atoms with Crippen molar-refractivity contribution in [2.75, 3.05) is 26.2 Å². The summed E-state index contributed by atoms with van der Waals surface area (Å²) in [6, 6.07) is 3.23. The van der Waals surface area contributed by atoms with Crippen molar-refractivity contribution in [2.45, 2.75) is 25.6 Å². The number of halogens is 6. The maximum absolute atomic E-state index is 13.4. The highest BCUT2D eigenvalue weighted by Gasteiger charge is 2.36. The average Bonchev–Trinajstić information content (AvgIpc) is 2.39. The van der Waals surface area contributed by atoms with E-state index in [2.05, 4.69) is 5.32 Å². The molecule has 128 valence electrons. The highest BCUT2D eigenvalue weighted by molar-refractivity contribution is 5.85. The molecule has 1 aromatic carbocycles. The number of hydrogen-bond acceptors (Lipinski definition) is 2. The molecule has 2 rings (SSSR count). The number of hydrogen-bond donors (Lipinski definition) is 1. The van der Waals surface area contributed by atoms with Gasteiger partial charge in [0, 0.05) is 32.2 Å². The maximum atomic E-state index is 13.4. The van der Waals surface area contributed by atoms with E-state index in [0.717, 1.165) is 0 Å². The lowest BCUT2D eigenvalue weighted by Crippen LogP contribution is -2.46. The van der Waals surface area contributed by atoms with Crippen molar-refractivity contribution >= 4 is 24.8 Å². The predicted octanol–water partition coefficient (Wildman–Crippen LogP) is 3.88. The van der Waals surface area contributed by atoms with Crippen molar-refractivity contribution in [2.24, 2.45) is 0 Å². The molecule has 0 radical (unpaired) electrons. The Morgan fingerprint density at radius 1 is 1.18 bits per heavy atom. The number of alkyl halides is 3. The zero-order chi connectivity index (χ0) is 14.8. The van der Waals surface area contributed by atoms with E-state index in [1.807, 2.05) is 0 Å². The van der Waals surface area contributed by atoms with Crippen LogP contribution in [0.5, 0.6) is 0 Å². The highest BCUT2D eigenvalue weighted by Crippen LogP contribution is 2.35. The normalized spacial score (nSPS) is 17.3. The van der Waals surface area contributed by atoms with Gasteiger partial charge < -0.3 is 5.32 Å². The van der Waals surface area contributed by atoms with Gasteiger partial charge in [-0.1, -0.05) is 6.07 Å². The van der Waals surface area contributed by atoms with E-state index in [9.17, 15) is 17.6 Å². The molecule has 1 aliphatic heterocycles. The van der Waals surface area contributed by atoms with Gasteiger partial charge in [0.1, 0.15) is 5.82 Å². The Labute approximate surface area is 140 Å². The summed E-state index contributed by atoms with van der Waals surface area (Å²) in [6.07, 6.45) is -5.22. The highest BCUT2D eigenvalue weighted by atomic mass is 35.5. The van der Waals surface area contributed by atoms with Gasteiger partial charge in [-0.05, 0) is 30.2 Å². The van der Waals surface area contributed by atoms with Crippen LogP contribution in [-0.4, -0.2) is 37.3 Å². The molecule has 1 aliphatic rings. The summed E-state index contributed by atoms with van der Waals surface area (Å²) in [6.45, 7) is 4.11. The molecule has 8 heteroatoms. The topological polar surface area (TPSA) is 15.3 Å². The smallest absolute Gasteiger partial charge is 0.314 e. The van der Waals surface area contributed by atoms with Gasteiger partial charge in [-0.2, -0.15) is 13.2 Å². The quantitative estimate of drug-likeness (QED) is 0.821. The van der Waals surface area contributed by atoms with E-state index in [-0.39, 0.29) is 24.8 Å². The van der Waals surface area contributed by atoms with Gasteiger partial charge in [-0.3, -0.25) is 4.90 Å². The second-order valence-electron chi connectivity index (χ2n) is 5.12.